The summed E-state index contributed by atoms with van der Waals surface area (Å²) in [7, 11) is 1.63. The third-order valence-corrected chi connectivity index (χ3v) is 5.70. The second-order valence-corrected chi connectivity index (χ2v) is 8.02. The molecule has 3 aromatic rings. The maximum atomic E-state index is 12.8. The Bertz CT molecular complexity index is 1150. The molecule has 164 valence electrons. The molecule has 0 saturated heterocycles. The lowest BCUT2D eigenvalue weighted by atomic mass is 10.0. The average molecular weight is 423 g/mol. The maximum absolute atomic E-state index is 12.8. The van der Waals surface area contributed by atoms with Crippen LogP contribution in [-0.2, 0) is 16.1 Å². The molecule has 0 atom stereocenters. The van der Waals surface area contributed by atoms with E-state index in [2.05, 4.69) is 5.32 Å². The van der Waals surface area contributed by atoms with Crippen LogP contribution in [0.4, 0.5) is 5.69 Å². The van der Waals surface area contributed by atoms with Crippen molar-refractivity contribution in [2.24, 2.45) is 0 Å². The molecule has 1 aromatic heterocycles. The SMILES string of the molecule is COCCN(CC(=O)Nc1cccc(C)c1C)Cc1cc(=O)oc2cc(C)c(C)cc12. The summed E-state index contributed by atoms with van der Waals surface area (Å²) in [4.78, 5) is 26.9. The van der Waals surface area contributed by atoms with Gasteiger partial charge in [0.1, 0.15) is 5.58 Å². The van der Waals surface area contributed by atoms with Gasteiger partial charge in [-0.05, 0) is 73.7 Å². The van der Waals surface area contributed by atoms with E-state index in [4.69, 9.17) is 9.15 Å². The fourth-order valence-electron chi connectivity index (χ4n) is 3.57. The number of aryl methyl sites for hydroxylation is 3. The molecule has 6 nitrogen and oxygen atoms in total. The zero-order valence-electron chi connectivity index (χ0n) is 18.9. The van der Waals surface area contributed by atoms with Crippen LogP contribution < -0.4 is 10.9 Å². The quantitative estimate of drug-likeness (QED) is 0.553. The summed E-state index contributed by atoms with van der Waals surface area (Å²) in [6, 6.07) is 11.3. The Morgan fingerprint density at radius 2 is 1.81 bits per heavy atom. The van der Waals surface area contributed by atoms with Gasteiger partial charge in [0.15, 0.2) is 0 Å². The number of carbonyl (C=O) groups is 1. The van der Waals surface area contributed by atoms with Crippen LogP contribution in [0.25, 0.3) is 11.0 Å². The molecule has 0 fully saturated rings. The van der Waals surface area contributed by atoms with Crippen LogP contribution in [0.5, 0.6) is 0 Å². The van der Waals surface area contributed by atoms with Crippen LogP contribution in [-0.4, -0.2) is 37.6 Å². The van der Waals surface area contributed by atoms with Crippen molar-refractivity contribution in [1.82, 2.24) is 4.90 Å². The summed E-state index contributed by atoms with van der Waals surface area (Å²) in [5, 5.41) is 3.90. The van der Waals surface area contributed by atoms with Crippen LogP contribution in [0.1, 0.15) is 27.8 Å². The molecule has 0 saturated carbocycles. The topological polar surface area (TPSA) is 71.8 Å². The second-order valence-electron chi connectivity index (χ2n) is 8.02. The molecular formula is C25H30N2O4. The molecule has 0 radical (unpaired) electrons. The third kappa shape index (κ3) is 5.60. The van der Waals surface area contributed by atoms with E-state index in [1.54, 1.807) is 7.11 Å². The number of nitrogens with one attached hydrogen (secondary N) is 1. The number of carbonyl (C=O) groups excluding carboxylic acids is 1. The first-order valence-corrected chi connectivity index (χ1v) is 10.4. The number of hydrogen-bond acceptors (Lipinski definition) is 5. The number of ether oxygens (including phenoxy) is 1. The van der Waals surface area contributed by atoms with Gasteiger partial charge >= 0.3 is 5.63 Å². The minimum Gasteiger partial charge on any atom is -0.423 e. The first-order chi connectivity index (χ1) is 14.8. The number of methoxy groups -OCH3 is 1. The zero-order valence-corrected chi connectivity index (χ0v) is 18.9. The predicted octanol–water partition coefficient (Wildman–Crippen LogP) is 4.11. The van der Waals surface area contributed by atoms with Crippen molar-refractivity contribution in [3.05, 3.63) is 74.6 Å². The molecule has 0 unspecified atom stereocenters. The van der Waals surface area contributed by atoms with Crippen LogP contribution >= 0.6 is 0 Å². The van der Waals surface area contributed by atoms with Gasteiger partial charge in [0.2, 0.25) is 5.91 Å². The van der Waals surface area contributed by atoms with E-state index in [9.17, 15) is 9.59 Å². The largest absolute Gasteiger partial charge is 0.423 e. The highest BCUT2D eigenvalue weighted by Gasteiger charge is 2.16. The molecule has 3 rings (SSSR count). The van der Waals surface area contributed by atoms with Gasteiger partial charge in [-0.2, -0.15) is 0 Å². The summed E-state index contributed by atoms with van der Waals surface area (Å²) in [6.07, 6.45) is 0. The van der Waals surface area contributed by atoms with Gasteiger partial charge in [0.25, 0.3) is 0 Å². The number of rotatable bonds is 8. The molecular weight excluding hydrogens is 392 g/mol. The molecule has 0 bridgehead atoms. The summed E-state index contributed by atoms with van der Waals surface area (Å²) in [6.45, 7) is 9.70. The van der Waals surface area contributed by atoms with Gasteiger partial charge in [-0.1, -0.05) is 12.1 Å². The van der Waals surface area contributed by atoms with Crippen LogP contribution in [0.3, 0.4) is 0 Å². The third-order valence-electron chi connectivity index (χ3n) is 5.70. The van der Waals surface area contributed by atoms with E-state index in [0.29, 0.717) is 25.3 Å². The minimum absolute atomic E-state index is 0.107. The molecule has 0 aliphatic rings. The molecule has 0 aliphatic carbocycles. The molecule has 31 heavy (non-hydrogen) atoms. The van der Waals surface area contributed by atoms with Crippen LogP contribution in [0.15, 0.2) is 45.6 Å². The number of fused-ring (bicyclic) bond motifs is 1. The zero-order chi connectivity index (χ0) is 22.5. The minimum atomic E-state index is -0.391. The predicted molar refractivity (Wildman–Crippen MR) is 124 cm³/mol. The fraction of sp³-hybridized carbons (Fsp3) is 0.360. The number of benzene rings is 2. The van der Waals surface area contributed by atoms with E-state index in [0.717, 1.165) is 38.9 Å². The monoisotopic (exact) mass is 422 g/mol. The Hall–Kier alpha value is -2.96. The number of nitrogens with zero attached hydrogens (tertiary/aromatic N) is 1. The highest BCUT2D eigenvalue weighted by molar-refractivity contribution is 5.93. The van der Waals surface area contributed by atoms with E-state index in [1.165, 1.54) is 6.07 Å². The van der Waals surface area contributed by atoms with E-state index >= 15 is 0 Å². The Labute approximate surface area is 182 Å². The van der Waals surface area contributed by atoms with Gasteiger partial charge in [0.05, 0.1) is 13.2 Å². The highest BCUT2D eigenvalue weighted by atomic mass is 16.5. The van der Waals surface area contributed by atoms with Crippen molar-refractivity contribution in [1.29, 1.82) is 0 Å². The van der Waals surface area contributed by atoms with E-state index in [1.807, 2.05) is 62.9 Å². The van der Waals surface area contributed by atoms with Gasteiger partial charge in [-0.15, -0.1) is 0 Å². The van der Waals surface area contributed by atoms with Crippen LogP contribution in [0, 0.1) is 27.7 Å². The molecule has 1 N–H and O–H groups in total. The Morgan fingerprint density at radius 1 is 1.06 bits per heavy atom. The van der Waals surface area contributed by atoms with Crippen molar-refractivity contribution in [3.63, 3.8) is 0 Å². The molecule has 2 aromatic carbocycles. The lowest BCUT2D eigenvalue weighted by Crippen LogP contribution is -2.35. The summed E-state index contributed by atoms with van der Waals surface area (Å²) < 4.78 is 10.6. The van der Waals surface area contributed by atoms with Gasteiger partial charge in [0, 0.05) is 37.3 Å². The number of amides is 1. The Kier molecular flexibility index (Phi) is 7.25. The lowest BCUT2D eigenvalue weighted by Gasteiger charge is -2.22. The standard InChI is InChI=1S/C25H30N2O4/c1-16-7-6-8-22(19(16)4)26-24(28)15-27(9-10-30-5)14-20-13-25(29)31-23-12-18(3)17(2)11-21(20)23/h6-8,11-13H,9-10,14-15H2,1-5H3,(H,26,28). The van der Waals surface area contributed by atoms with Crippen molar-refractivity contribution in [2.45, 2.75) is 34.2 Å². The Balaban J connectivity index is 1.84. The van der Waals surface area contributed by atoms with Gasteiger partial charge < -0.3 is 14.5 Å². The highest BCUT2D eigenvalue weighted by Crippen LogP contribution is 2.23. The molecule has 0 aliphatic heterocycles. The first-order valence-electron chi connectivity index (χ1n) is 10.4. The van der Waals surface area contributed by atoms with Gasteiger partial charge in [-0.25, -0.2) is 4.79 Å². The average Bonchev–Trinajstić information content (AvgIpc) is 2.71. The number of anilines is 1. The summed E-state index contributed by atoms with van der Waals surface area (Å²) in [5.41, 5.74) is 6.20. The first kappa shape index (κ1) is 22.7. The lowest BCUT2D eigenvalue weighted by molar-refractivity contribution is -0.117. The normalized spacial score (nSPS) is 11.3. The van der Waals surface area contributed by atoms with Crippen molar-refractivity contribution >= 4 is 22.6 Å². The number of hydrogen-bond donors (Lipinski definition) is 1. The van der Waals surface area contributed by atoms with E-state index < -0.39 is 5.63 Å². The summed E-state index contributed by atoms with van der Waals surface area (Å²) >= 11 is 0. The maximum Gasteiger partial charge on any atom is 0.336 e. The van der Waals surface area contributed by atoms with Crippen molar-refractivity contribution in [2.75, 3.05) is 32.1 Å². The second kappa shape index (κ2) is 9.90. The molecule has 1 amide bonds. The molecule has 6 heteroatoms. The van der Waals surface area contributed by atoms with Crippen molar-refractivity contribution in [3.8, 4) is 0 Å². The van der Waals surface area contributed by atoms with Crippen LogP contribution in [0.2, 0.25) is 0 Å². The summed E-state index contributed by atoms with van der Waals surface area (Å²) in [5.74, 6) is -0.107. The smallest absolute Gasteiger partial charge is 0.336 e. The molecule has 1 heterocycles. The molecule has 0 spiro atoms. The van der Waals surface area contributed by atoms with E-state index in [-0.39, 0.29) is 12.5 Å². The van der Waals surface area contributed by atoms with Gasteiger partial charge in [-0.3, -0.25) is 9.69 Å². The fourth-order valence-corrected chi connectivity index (χ4v) is 3.57. The Morgan fingerprint density at radius 3 is 2.55 bits per heavy atom. The van der Waals surface area contributed by atoms with Crippen molar-refractivity contribution < 1.29 is 13.9 Å².